The quantitative estimate of drug-likeness (QED) is 0.501. The van der Waals surface area contributed by atoms with E-state index in [-0.39, 0.29) is 13.2 Å². The maximum absolute atomic E-state index is 12.0. The van der Waals surface area contributed by atoms with Crippen molar-refractivity contribution in [3.8, 4) is 0 Å². The second-order valence-electron chi connectivity index (χ2n) is 7.95. The van der Waals surface area contributed by atoms with Gasteiger partial charge in [0.05, 0.1) is 26.4 Å². The van der Waals surface area contributed by atoms with E-state index in [9.17, 15) is 9.90 Å². The first-order chi connectivity index (χ1) is 16.2. The van der Waals surface area contributed by atoms with E-state index in [1.54, 1.807) is 0 Å². The lowest BCUT2D eigenvalue weighted by molar-refractivity contribution is -0.240. The zero-order valence-electron chi connectivity index (χ0n) is 18.3. The molecule has 3 aromatic rings. The second kappa shape index (κ2) is 11.7. The first kappa shape index (κ1) is 23.1. The van der Waals surface area contributed by atoms with Crippen molar-refractivity contribution in [2.75, 3.05) is 6.61 Å². The summed E-state index contributed by atoms with van der Waals surface area (Å²) in [6, 6.07) is 29.2. The molecule has 6 nitrogen and oxygen atoms in total. The van der Waals surface area contributed by atoms with Crippen molar-refractivity contribution in [1.29, 1.82) is 0 Å². The number of carbonyl (C=O) groups is 1. The van der Waals surface area contributed by atoms with Gasteiger partial charge in [-0.25, -0.2) is 4.79 Å². The predicted molar refractivity (Wildman–Crippen MR) is 122 cm³/mol. The van der Waals surface area contributed by atoms with Gasteiger partial charge in [0.1, 0.15) is 18.3 Å². The Hall–Kier alpha value is -3.03. The highest BCUT2D eigenvalue weighted by atomic mass is 16.6. The number of rotatable bonds is 10. The number of carboxylic acids is 1. The molecule has 1 saturated heterocycles. The largest absolute Gasteiger partial charge is 0.479 e. The van der Waals surface area contributed by atoms with E-state index in [1.807, 2.05) is 91.0 Å². The van der Waals surface area contributed by atoms with Crippen LogP contribution in [-0.4, -0.2) is 42.1 Å². The van der Waals surface area contributed by atoms with Gasteiger partial charge in [0.15, 0.2) is 6.10 Å². The summed E-state index contributed by atoms with van der Waals surface area (Å²) < 4.78 is 24.2. The molecule has 1 N–H and O–H groups in total. The number of ether oxygens (including phenoxy) is 4. The lowest BCUT2D eigenvalue weighted by Crippen LogP contribution is -2.58. The van der Waals surface area contributed by atoms with Crippen LogP contribution in [0.1, 0.15) is 16.7 Å². The molecule has 6 heteroatoms. The normalized spacial score (nSPS) is 22.7. The lowest BCUT2D eigenvalue weighted by Gasteiger charge is -2.40. The minimum atomic E-state index is -1.15. The molecule has 0 spiro atoms. The monoisotopic (exact) mass is 448 g/mol. The molecule has 3 unspecified atom stereocenters. The summed E-state index contributed by atoms with van der Waals surface area (Å²) in [5.41, 5.74) is 2.94. The minimum Gasteiger partial charge on any atom is -0.479 e. The summed E-state index contributed by atoms with van der Waals surface area (Å²) in [6.45, 7) is 1.03. The molecule has 1 heterocycles. The summed E-state index contributed by atoms with van der Waals surface area (Å²) in [6.07, 6.45) is -3.08. The van der Waals surface area contributed by atoms with Crippen molar-refractivity contribution in [2.24, 2.45) is 0 Å². The first-order valence-electron chi connectivity index (χ1n) is 11.0. The van der Waals surface area contributed by atoms with E-state index in [0.29, 0.717) is 13.2 Å². The summed E-state index contributed by atoms with van der Waals surface area (Å²) >= 11 is 0. The molecule has 0 bridgehead atoms. The molecule has 1 aliphatic heterocycles. The van der Waals surface area contributed by atoms with Gasteiger partial charge in [-0.15, -0.1) is 0 Å². The van der Waals surface area contributed by atoms with Gasteiger partial charge in [-0.2, -0.15) is 0 Å². The maximum atomic E-state index is 12.0. The molecular weight excluding hydrogens is 420 g/mol. The Morgan fingerprint density at radius 1 is 0.697 bits per heavy atom. The van der Waals surface area contributed by atoms with Gasteiger partial charge in [-0.3, -0.25) is 0 Å². The summed E-state index contributed by atoms with van der Waals surface area (Å²) in [7, 11) is 0. The lowest BCUT2D eigenvalue weighted by atomic mass is 9.99. The predicted octanol–water partition coefficient (Wildman–Crippen LogP) is 4.23. The van der Waals surface area contributed by atoms with Crippen LogP contribution in [0, 0.1) is 0 Å². The number of benzene rings is 3. The first-order valence-corrected chi connectivity index (χ1v) is 11.0. The number of hydrogen-bond acceptors (Lipinski definition) is 5. The second-order valence-corrected chi connectivity index (χ2v) is 7.95. The maximum Gasteiger partial charge on any atom is 0.335 e. The Balaban J connectivity index is 1.52. The zero-order valence-corrected chi connectivity index (χ0v) is 18.3. The van der Waals surface area contributed by atoms with Crippen LogP contribution in [0.4, 0.5) is 0 Å². The van der Waals surface area contributed by atoms with Gasteiger partial charge in [0.25, 0.3) is 0 Å². The van der Waals surface area contributed by atoms with Crippen molar-refractivity contribution >= 4 is 5.97 Å². The Bertz CT molecular complexity index is 979. The van der Waals surface area contributed by atoms with Crippen LogP contribution in [0.2, 0.25) is 0 Å². The topological polar surface area (TPSA) is 74.2 Å². The summed E-state index contributed by atoms with van der Waals surface area (Å²) in [5.74, 6) is -1.08. The van der Waals surface area contributed by atoms with Crippen LogP contribution >= 0.6 is 0 Å². The minimum absolute atomic E-state index is 0.106. The molecule has 4 atom stereocenters. The number of hydrogen-bond donors (Lipinski definition) is 1. The highest BCUT2D eigenvalue weighted by molar-refractivity contribution is 5.73. The number of carboxylic acid groups (broad SMARTS) is 1. The fourth-order valence-electron chi connectivity index (χ4n) is 3.82. The third-order valence-electron chi connectivity index (χ3n) is 5.55. The van der Waals surface area contributed by atoms with E-state index in [2.05, 4.69) is 0 Å². The van der Waals surface area contributed by atoms with Crippen molar-refractivity contribution in [3.05, 3.63) is 108 Å². The molecule has 0 saturated carbocycles. The molecule has 3 aromatic carbocycles. The molecule has 1 fully saturated rings. The van der Waals surface area contributed by atoms with Crippen LogP contribution < -0.4 is 0 Å². The SMILES string of the molecule is O=C(O)C1OC[C@@H](OCc2ccccc2)C(OCc2ccccc2)C1OCc1ccccc1. The van der Waals surface area contributed by atoms with Crippen LogP contribution in [-0.2, 0) is 43.6 Å². The number of aliphatic carboxylic acids is 1. The highest BCUT2D eigenvalue weighted by Gasteiger charge is 2.46. The van der Waals surface area contributed by atoms with Crippen molar-refractivity contribution in [1.82, 2.24) is 0 Å². The van der Waals surface area contributed by atoms with Gasteiger partial charge in [0.2, 0.25) is 0 Å². The van der Waals surface area contributed by atoms with Crippen LogP contribution in [0.3, 0.4) is 0 Å². The van der Waals surface area contributed by atoms with Crippen LogP contribution in [0.5, 0.6) is 0 Å². The van der Waals surface area contributed by atoms with Crippen LogP contribution in [0.15, 0.2) is 91.0 Å². The molecule has 1 aliphatic rings. The average Bonchev–Trinajstić information content (AvgIpc) is 2.86. The van der Waals surface area contributed by atoms with Crippen LogP contribution in [0.25, 0.3) is 0 Å². The van der Waals surface area contributed by atoms with Crippen molar-refractivity contribution < 1.29 is 28.8 Å². The van der Waals surface area contributed by atoms with Crippen molar-refractivity contribution in [2.45, 2.75) is 44.2 Å². The van der Waals surface area contributed by atoms with Gasteiger partial charge in [0, 0.05) is 0 Å². The smallest absolute Gasteiger partial charge is 0.335 e. The van der Waals surface area contributed by atoms with Gasteiger partial charge >= 0.3 is 5.97 Å². The summed E-state index contributed by atoms with van der Waals surface area (Å²) in [5, 5.41) is 9.80. The average molecular weight is 449 g/mol. The third kappa shape index (κ3) is 6.49. The van der Waals surface area contributed by atoms with Gasteiger partial charge in [-0.05, 0) is 16.7 Å². The molecule has 4 rings (SSSR count). The Labute approximate surface area is 193 Å². The Kier molecular flexibility index (Phi) is 8.22. The summed E-state index contributed by atoms with van der Waals surface area (Å²) in [4.78, 5) is 12.0. The van der Waals surface area contributed by atoms with E-state index in [4.69, 9.17) is 18.9 Å². The molecular formula is C27H28O6. The molecule has 0 radical (unpaired) electrons. The standard InChI is InChI=1S/C27H28O6/c28-27(29)26-25(32-18-22-14-8-3-9-15-22)24(31-17-21-12-6-2-7-13-21)23(19-33-26)30-16-20-10-4-1-5-11-20/h1-15,23-26H,16-19H2,(H,28,29)/t23-,24?,25?,26?/m1/s1. The highest BCUT2D eigenvalue weighted by Crippen LogP contribution is 2.27. The molecule has 0 aromatic heterocycles. The third-order valence-corrected chi connectivity index (χ3v) is 5.55. The van der Waals surface area contributed by atoms with Gasteiger partial charge in [-0.1, -0.05) is 91.0 Å². The molecule has 33 heavy (non-hydrogen) atoms. The molecule has 0 aliphatic carbocycles. The van der Waals surface area contributed by atoms with Gasteiger partial charge < -0.3 is 24.1 Å². The Morgan fingerprint density at radius 3 is 1.58 bits per heavy atom. The van der Waals surface area contributed by atoms with E-state index in [1.165, 1.54) is 0 Å². The van der Waals surface area contributed by atoms with Crippen molar-refractivity contribution in [3.63, 3.8) is 0 Å². The van der Waals surface area contributed by atoms with E-state index >= 15 is 0 Å². The zero-order chi connectivity index (χ0) is 22.9. The molecule has 0 amide bonds. The fraction of sp³-hybridized carbons (Fsp3) is 0.296. The van der Waals surface area contributed by atoms with E-state index < -0.39 is 30.4 Å². The van der Waals surface area contributed by atoms with E-state index in [0.717, 1.165) is 16.7 Å². The fourth-order valence-corrected chi connectivity index (χ4v) is 3.82. The Morgan fingerprint density at radius 2 is 1.12 bits per heavy atom. The molecule has 172 valence electrons.